The topological polar surface area (TPSA) is 123 Å². The van der Waals surface area contributed by atoms with E-state index in [0.717, 1.165) is 0 Å². The van der Waals surface area contributed by atoms with Gasteiger partial charge in [-0.1, -0.05) is 24.3 Å². The van der Waals surface area contributed by atoms with E-state index in [9.17, 15) is 14.4 Å². The fraction of sp³-hybridized carbons (Fsp3) is 0. The van der Waals surface area contributed by atoms with Gasteiger partial charge < -0.3 is 16.6 Å². The molecule has 0 saturated heterocycles. The van der Waals surface area contributed by atoms with Crippen LogP contribution in [0.2, 0.25) is 0 Å². The third kappa shape index (κ3) is 1.62. The third-order valence-electron chi connectivity index (χ3n) is 3.50. The largest absolute Gasteiger partial charge is 0.478 e. The molecular formula is C15H10N2O4. The second-order valence-electron chi connectivity index (χ2n) is 4.69. The Labute approximate surface area is 119 Å². The number of nitrogens with two attached hydrogens (primary N) is 2. The molecule has 3 rings (SSSR count). The molecule has 1 aliphatic carbocycles. The smallest absolute Gasteiger partial charge is 0.339 e. The normalized spacial score (nSPS) is 12.8. The maximum Gasteiger partial charge on any atom is 0.339 e. The molecule has 2 aromatic carbocycles. The first kappa shape index (κ1) is 12.9. The van der Waals surface area contributed by atoms with E-state index in [4.69, 9.17) is 16.6 Å². The SMILES string of the molecule is Nc1cc2c(c(N)c1C(=O)O)C(=O)c1ccccc1C2=O. The number of carbonyl (C=O) groups excluding carboxylic acids is 2. The summed E-state index contributed by atoms with van der Waals surface area (Å²) >= 11 is 0. The summed E-state index contributed by atoms with van der Waals surface area (Å²) in [5.74, 6) is -2.21. The highest BCUT2D eigenvalue weighted by Gasteiger charge is 2.34. The van der Waals surface area contributed by atoms with Crippen LogP contribution in [0, 0.1) is 0 Å². The standard InChI is InChI=1S/C15H10N2O4/c16-9-5-8-10(12(17)11(9)15(20)21)14(19)7-4-2-1-3-6(7)13(8)18/h1-5H,16-17H2,(H,20,21). The molecule has 0 radical (unpaired) electrons. The van der Waals surface area contributed by atoms with E-state index in [0.29, 0.717) is 0 Å². The summed E-state index contributed by atoms with van der Waals surface area (Å²) in [6, 6.07) is 7.52. The summed E-state index contributed by atoms with van der Waals surface area (Å²) in [7, 11) is 0. The zero-order chi connectivity index (χ0) is 15.3. The predicted octanol–water partition coefficient (Wildman–Crippen LogP) is 1.32. The lowest BCUT2D eigenvalue weighted by molar-refractivity contribution is 0.0698. The van der Waals surface area contributed by atoms with Crippen molar-refractivity contribution in [1.29, 1.82) is 0 Å². The molecule has 0 saturated carbocycles. The number of benzene rings is 2. The number of rotatable bonds is 1. The van der Waals surface area contributed by atoms with Crippen molar-refractivity contribution in [1.82, 2.24) is 0 Å². The highest BCUT2D eigenvalue weighted by Crippen LogP contribution is 2.35. The van der Waals surface area contributed by atoms with Crippen molar-refractivity contribution < 1.29 is 19.5 Å². The summed E-state index contributed by atoms with van der Waals surface area (Å²) in [5.41, 5.74) is 11.1. The Hall–Kier alpha value is -3.15. The van der Waals surface area contributed by atoms with Crippen LogP contribution in [0.3, 0.4) is 0 Å². The van der Waals surface area contributed by atoms with Crippen molar-refractivity contribution >= 4 is 28.9 Å². The monoisotopic (exact) mass is 282 g/mol. The zero-order valence-corrected chi connectivity index (χ0v) is 10.7. The minimum atomic E-state index is -1.34. The van der Waals surface area contributed by atoms with Crippen molar-refractivity contribution in [3.05, 3.63) is 58.1 Å². The van der Waals surface area contributed by atoms with E-state index in [1.807, 2.05) is 0 Å². The minimum Gasteiger partial charge on any atom is -0.478 e. The molecule has 5 N–H and O–H groups in total. The molecule has 0 spiro atoms. The average molecular weight is 282 g/mol. The summed E-state index contributed by atoms with van der Waals surface area (Å²) in [6.07, 6.45) is 0. The Kier molecular flexibility index (Phi) is 2.56. The van der Waals surface area contributed by atoms with Gasteiger partial charge in [0.2, 0.25) is 0 Å². The number of nitrogen functional groups attached to an aromatic ring is 2. The Morgan fingerprint density at radius 3 is 2.10 bits per heavy atom. The summed E-state index contributed by atoms with van der Waals surface area (Å²) in [5, 5.41) is 9.14. The van der Waals surface area contributed by atoms with Crippen molar-refractivity contribution in [3.63, 3.8) is 0 Å². The second-order valence-corrected chi connectivity index (χ2v) is 4.69. The van der Waals surface area contributed by atoms with Crippen LogP contribution >= 0.6 is 0 Å². The molecular weight excluding hydrogens is 272 g/mol. The summed E-state index contributed by atoms with van der Waals surface area (Å²) in [4.78, 5) is 36.1. The lowest BCUT2D eigenvalue weighted by Crippen LogP contribution is -2.24. The van der Waals surface area contributed by atoms with Crippen molar-refractivity contribution in [2.75, 3.05) is 11.5 Å². The van der Waals surface area contributed by atoms with Crippen LogP contribution < -0.4 is 11.5 Å². The van der Waals surface area contributed by atoms with E-state index < -0.39 is 17.5 Å². The number of carboxylic acids is 1. The van der Waals surface area contributed by atoms with Crippen LogP contribution in [0.4, 0.5) is 11.4 Å². The molecule has 21 heavy (non-hydrogen) atoms. The summed E-state index contributed by atoms with van der Waals surface area (Å²) in [6.45, 7) is 0. The first-order chi connectivity index (χ1) is 9.93. The quantitative estimate of drug-likeness (QED) is 0.578. The maximum absolute atomic E-state index is 12.5. The fourth-order valence-corrected chi connectivity index (χ4v) is 2.55. The molecule has 0 fully saturated rings. The van der Waals surface area contributed by atoms with Crippen molar-refractivity contribution in [3.8, 4) is 0 Å². The van der Waals surface area contributed by atoms with Crippen LogP contribution in [0.15, 0.2) is 30.3 Å². The Balaban J connectivity index is 2.39. The molecule has 0 aromatic heterocycles. The van der Waals surface area contributed by atoms with Gasteiger partial charge in [0.05, 0.1) is 11.3 Å². The van der Waals surface area contributed by atoms with Gasteiger partial charge in [-0.2, -0.15) is 0 Å². The molecule has 6 heteroatoms. The number of carbonyl (C=O) groups is 3. The number of fused-ring (bicyclic) bond motifs is 2. The molecule has 0 unspecified atom stereocenters. The zero-order valence-electron chi connectivity index (χ0n) is 10.7. The number of ketones is 2. The molecule has 6 nitrogen and oxygen atoms in total. The van der Waals surface area contributed by atoms with Gasteiger partial charge in [-0.15, -0.1) is 0 Å². The second kappa shape index (κ2) is 4.17. The Morgan fingerprint density at radius 1 is 0.952 bits per heavy atom. The van der Waals surface area contributed by atoms with Gasteiger partial charge in [0, 0.05) is 22.4 Å². The molecule has 0 amide bonds. The van der Waals surface area contributed by atoms with Crippen LogP contribution in [-0.4, -0.2) is 22.6 Å². The highest BCUT2D eigenvalue weighted by molar-refractivity contribution is 6.31. The molecule has 0 aliphatic heterocycles. The number of hydrogen-bond donors (Lipinski definition) is 3. The average Bonchev–Trinajstić information content (AvgIpc) is 2.44. The van der Waals surface area contributed by atoms with Gasteiger partial charge in [0.25, 0.3) is 0 Å². The van der Waals surface area contributed by atoms with Crippen LogP contribution in [0.5, 0.6) is 0 Å². The van der Waals surface area contributed by atoms with E-state index in [2.05, 4.69) is 0 Å². The van der Waals surface area contributed by atoms with Gasteiger partial charge in [-0.05, 0) is 6.07 Å². The molecule has 0 atom stereocenters. The van der Waals surface area contributed by atoms with Crippen LogP contribution in [-0.2, 0) is 0 Å². The van der Waals surface area contributed by atoms with Gasteiger partial charge in [-0.25, -0.2) is 4.79 Å². The van der Waals surface area contributed by atoms with Crippen LogP contribution in [0.25, 0.3) is 0 Å². The highest BCUT2D eigenvalue weighted by atomic mass is 16.4. The number of carboxylic acid groups (broad SMARTS) is 1. The third-order valence-corrected chi connectivity index (χ3v) is 3.50. The Bertz CT molecular complexity index is 840. The van der Waals surface area contributed by atoms with E-state index in [1.165, 1.54) is 18.2 Å². The Morgan fingerprint density at radius 2 is 1.52 bits per heavy atom. The molecule has 0 heterocycles. The number of hydrogen-bond acceptors (Lipinski definition) is 5. The minimum absolute atomic E-state index is 0.0405. The lowest BCUT2D eigenvalue weighted by Gasteiger charge is -2.20. The van der Waals surface area contributed by atoms with Crippen molar-refractivity contribution in [2.24, 2.45) is 0 Å². The predicted molar refractivity (Wildman–Crippen MR) is 75.5 cm³/mol. The molecule has 1 aliphatic rings. The first-order valence-electron chi connectivity index (χ1n) is 6.07. The maximum atomic E-state index is 12.5. The molecule has 0 bridgehead atoms. The molecule has 2 aromatic rings. The number of anilines is 2. The van der Waals surface area contributed by atoms with Crippen LogP contribution in [0.1, 0.15) is 42.2 Å². The fourth-order valence-electron chi connectivity index (χ4n) is 2.55. The van der Waals surface area contributed by atoms with E-state index in [-0.39, 0.29) is 39.2 Å². The van der Waals surface area contributed by atoms with E-state index in [1.54, 1.807) is 12.1 Å². The van der Waals surface area contributed by atoms with Gasteiger partial charge in [0.1, 0.15) is 5.56 Å². The van der Waals surface area contributed by atoms with Crippen molar-refractivity contribution in [2.45, 2.75) is 0 Å². The van der Waals surface area contributed by atoms with E-state index >= 15 is 0 Å². The van der Waals surface area contributed by atoms with Gasteiger partial charge in [0.15, 0.2) is 11.6 Å². The lowest BCUT2D eigenvalue weighted by atomic mass is 9.82. The molecule has 104 valence electrons. The van der Waals surface area contributed by atoms with Gasteiger partial charge >= 0.3 is 5.97 Å². The number of aromatic carboxylic acids is 1. The first-order valence-corrected chi connectivity index (χ1v) is 6.07. The van der Waals surface area contributed by atoms with Gasteiger partial charge in [-0.3, -0.25) is 9.59 Å². The summed E-state index contributed by atoms with van der Waals surface area (Å²) < 4.78 is 0.